The minimum Gasteiger partial charge on any atom is -0.396 e. The molecule has 0 amide bonds. The Morgan fingerprint density at radius 3 is 2.47 bits per heavy atom. The SMILES string of the molecule is Cc1cc(C(N(C)C)C2(CO)CC2)ccc1F. The van der Waals surface area contributed by atoms with Crippen LogP contribution in [0.15, 0.2) is 18.2 Å². The lowest BCUT2D eigenvalue weighted by Crippen LogP contribution is -2.31. The summed E-state index contributed by atoms with van der Waals surface area (Å²) in [5.74, 6) is -0.167. The largest absolute Gasteiger partial charge is 0.396 e. The molecule has 0 saturated heterocycles. The van der Waals surface area contributed by atoms with E-state index in [4.69, 9.17) is 0 Å². The van der Waals surface area contributed by atoms with E-state index in [1.54, 1.807) is 6.92 Å². The Hall–Kier alpha value is -0.930. The van der Waals surface area contributed by atoms with Crippen LogP contribution in [0, 0.1) is 18.2 Å². The first kappa shape index (κ1) is 12.5. The number of rotatable bonds is 4. The highest BCUT2D eigenvalue weighted by Crippen LogP contribution is 2.56. The molecule has 0 aliphatic heterocycles. The van der Waals surface area contributed by atoms with E-state index in [2.05, 4.69) is 4.90 Å². The number of hydrogen-bond acceptors (Lipinski definition) is 2. The zero-order chi connectivity index (χ0) is 12.6. The summed E-state index contributed by atoms with van der Waals surface area (Å²) in [5, 5.41) is 9.56. The van der Waals surface area contributed by atoms with Crippen LogP contribution >= 0.6 is 0 Å². The fraction of sp³-hybridized carbons (Fsp3) is 0.571. The Morgan fingerprint density at radius 2 is 2.06 bits per heavy atom. The molecule has 2 nitrogen and oxygen atoms in total. The van der Waals surface area contributed by atoms with Gasteiger partial charge in [-0.3, -0.25) is 0 Å². The first-order valence-electron chi connectivity index (χ1n) is 6.03. The Kier molecular flexibility index (Phi) is 3.23. The third-order valence-electron chi connectivity index (χ3n) is 3.80. The topological polar surface area (TPSA) is 23.5 Å². The molecule has 0 heterocycles. The number of aryl methyl sites for hydroxylation is 1. The standard InChI is InChI=1S/C14H20FNO/c1-10-8-11(4-5-12(10)15)13(16(2)3)14(9-17)6-7-14/h4-5,8,13,17H,6-7,9H2,1-3H3. The molecule has 0 spiro atoms. The average molecular weight is 237 g/mol. The van der Waals surface area contributed by atoms with Crippen molar-refractivity contribution in [3.05, 3.63) is 35.1 Å². The second-order valence-corrected chi connectivity index (χ2v) is 5.40. The molecule has 1 saturated carbocycles. The third kappa shape index (κ3) is 2.22. The monoisotopic (exact) mass is 237 g/mol. The second-order valence-electron chi connectivity index (χ2n) is 5.40. The summed E-state index contributed by atoms with van der Waals surface area (Å²) >= 11 is 0. The summed E-state index contributed by atoms with van der Waals surface area (Å²) in [7, 11) is 4.03. The maximum Gasteiger partial charge on any atom is 0.126 e. The summed E-state index contributed by atoms with van der Waals surface area (Å²) in [4.78, 5) is 2.12. The van der Waals surface area contributed by atoms with Gasteiger partial charge in [0.25, 0.3) is 0 Å². The zero-order valence-electron chi connectivity index (χ0n) is 10.7. The first-order valence-corrected chi connectivity index (χ1v) is 6.03. The molecule has 3 heteroatoms. The highest BCUT2D eigenvalue weighted by molar-refractivity contribution is 5.29. The molecule has 1 aliphatic rings. The van der Waals surface area contributed by atoms with Crippen molar-refractivity contribution in [3.8, 4) is 0 Å². The fourth-order valence-electron chi connectivity index (χ4n) is 2.72. The second kappa shape index (κ2) is 4.39. The summed E-state index contributed by atoms with van der Waals surface area (Å²) in [6.07, 6.45) is 2.09. The Labute approximate surface area is 102 Å². The van der Waals surface area contributed by atoms with Crippen molar-refractivity contribution in [1.29, 1.82) is 0 Å². The minimum atomic E-state index is -0.167. The van der Waals surface area contributed by atoms with E-state index >= 15 is 0 Å². The molecule has 1 fully saturated rings. The van der Waals surface area contributed by atoms with Gasteiger partial charge in [-0.2, -0.15) is 0 Å². The Bertz CT molecular complexity index is 413. The summed E-state index contributed by atoms with van der Waals surface area (Å²) in [6.45, 7) is 1.98. The molecule has 1 aliphatic carbocycles. The molecule has 0 radical (unpaired) electrons. The van der Waals surface area contributed by atoms with Gasteiger partial charge in [0, 0.05) is 11.5 Å². The molecule has 0 aromatic heterocycles. The van der Waals surface area contributed by atoms with Gasteiger partial charge in [-0.1, -0.05) is 12.1 Å². The summed E-state index contributed by atoms with van der Waals surface area (Å²) < 4.78 is 13.3. The lowest BCUT2D eigenvalue weighted by Gasteiger charge is -2.32. The Morgan fingerprint density at radius 1 is 1.41 bits per heavy atom. The lowest BCUT2D eigenvalue weighted by molar-refractivity contribution is 0.115. The van der Waals surface area contributed by atoms with Gasteiger partial charge in [-0.15, -0.1) is 0 Å². The normalized spacial score (nSPS) is 19.4. The van der Waals surface area contributed by atoms with E-state index in [0.717, 1.165) is 18.4 Å². The van der Waals surface area contributed by atoms with E-state index in [-0.39, 0.29) is 23.9 Å². The molecule has 2 rings (SSSR count). The molecule has 17 heavy (non-hydrogen) atoms. The van der Waals surface area contributed by atoms with Gasteiger partial charge in [0.2, 0.25) is 0 Å². The van der Waals surface area contributed by atoms with Crippen LogP contribution in [0.25, 0.3) is 0 Å². The molecule has 1 aromatic rings. The maximum atomic E-state index is 13.3. The van der Waals surface area contributed by atoms with Crippen molar-refractivity contribution in [1.82, 2.24) is 4.90 Å². The van der Waals surface area contributed by atoms with Gasteiger partial charge >= 0.3 is 0 Å². The van der Waals surface area contributed by atoms with Crippen molar-refractivity contribution < 1.29 is 9.50 Å². The van der Waals surface area contributed by atoms with Gasteiger partial charge in [0.1, 0.15) is 5.82 Å². The van der Waals surface area contributed by atoms with Crippen molar-refractivity contribution in [3.63, 3.8) is 0 Å². The number of halogens is 1. The van der Waals surface area contributed by atoms with Gasteiger partial charge in [0.05, 0.1) is 6.61 Å². The number of nitrogens with zero attached hydrogens (tertiary/aromatic N) is 1. The lowest BCUT2D eigenvalue weighted by atomic mass is 9.89. The number of aliphatic hydroxyl groups is 1. The Balaban J connectivity index is 2.36. The van der Waals surface area contributed by atoms with Gasteiger partial charge < -0.3 is 10.0 Å². The number of hydrogen-bond donors (Lipinski definition) is 1. The fourth-order valence-corrected chi connectivity index (χ4v) is 2.72. The smallest absolute Gasteiger partial charge is 0.126 e. The van der Waals surface area contributed by atoms with Crippen molar-refractivity contribution in [2.75, 3.05) is 20.7 Å². The van der Waals surface area contributed by atoms with Crippen LogP contribution in [-0.2, 0) is 0 Å². The van der Waals surface area contributed by atoms with Crippen LogP contribution in [0.5, 0.6) is 0 Å². The number of benzene rings is 1. The predicted octanol–water partition coefficient (Wildman–Crippen LogP) is 2.51. The molecule has 1 N–H and O–H groups in total. The summed E-state index contributed by atoms with van der Waals surface area (Å²) in [6, 6.07) is 5.43. The highest BCUT2D eigenvalue weighted by atomic mass is 19.1. The van der Waals surface area contributed by atoms with Crippen LogP contribution in [-0.4, -0.2) is 30.7 Å². The average Bonchev–Trinajstić information content (AvgIpc) is 3.04. The molecule has 1 aromatic carbocycles. The minimum absolute atomic E-state index is 0.0201. The van der Waals surface area contributed by atoms with Crippen molar-refractivity contribution in [2.45, 2.75) is 25.8 Å². The quantitative estimate of drug-likeness (QED) is 0.869. The van der Waals surface area contributed by atoms with Crippen LogP contribution in [0.3, 0.4) is 0 Å². The van der Waals surface area contributed by atoms with Crippen molar-refractivity contribution >= 4 is 0 Å². The van der Waals surface area contributed by atoms with Gasteiger partial charge in [-0.05, 0) is 51.1 Å². The van der Waals surface area contributed by atoms with Crippen LogP contribution in [0.4, 0.5) is 4.39 Å². The maximum absolute atomic E-state index is 13.3. The molecule has 1 atom stereocenters. The van der Waals surface area contributed by atoms with Crippen LogP contribution in [0.2, 0.25) is 0 Å². The van der Waals surface area contributed by atoms with E-state index in [0.29, 0.717) is 5.56 Å². The summed E-state index contributed by atoms with van der Waals surface area (Å²) in [5.41, 5.74) is 1.75. The van der Waals surface area contributed by atoms with Crippen molar-refractivity contribution in [2.24, 2.45) is 5.41 Å². The van der Waals surface area contributed by atoms with E-state index < -0.39 is 0 Å². The predicted molar refractivity (Wildman–Crippen MR) is 66.3 cm³/mol. The van der Waals surface area contributed by atoms with Gasteiger partial charge in [-0.25, -0.2) is 4.39 Å². The molecular formula is C14H20FNO. The third-order valence-corrected chi connectivity index (χ3v) is 3.80. The van der Waals surface area contributed by atoms with Crippen LogP contribution in [0.1, 0.15) is 30.0 Å². The van der Waals surface area contributed by atoms with Crippen LogP contribution < -0.4 is 0 Å². The van der Waals surface area contributed by atoms with Gasteiger partial charge in [0.15, 0.2) is 0 Å². The zero-order valence-corrected chi connectivity index (χ0v) is 10.7. The number of aliphatic hydroxyl groups excluding tert-OH is 1. The molecule has 94 valence electrons. The molecular weight excluding hydrogens is 217 g/mol. The van der Waals surface area contributed by atoms with E-state index in [1.807, 2.05) is 26.2 Å². The van der Waals surface area contributed by atoms with E-state index in [1.165, 1.54) is 6.07 Å². The molecule has 0 bridgehead atoms. The van der Waals surface area contributed by atoms with E-state index in [9.17, 15) is 9.50 Å². The highest BCUT2D eigenvalue weighted by Gasteiger charge is 2.50. The first-order chi connectivity index (χ1) is 8.00. The molecule has 1 unspecified atom stereocenters.